The molecule has 4 N–H and O–H groups in total. The molecule has 0 spiro atoms. The number of hydrogen-bond acceptors (Lipinski definition) is 10. The van der Waals surface area contributed by atoms with Gasteiger partial charge >= 0.3 is 0 Å². The molecule has 1 aliphatic rings. The molecule has 0 bridgehead atoms. The number of benzene rings is 1. The number of thiazole rings is 1. The Morgan fingerprint density at radius 3 is 2.24 bits per heavy atom. The number of nitrogens with one attached hydrogen (secondary N) is 2. The molecule has 14 heteroatoms. The molecule has 8 atom stereocenters. The van der Waals surface area contributed by atoms with E-state index in [9.17, 15) is 19.2 Å². The van der Waals surface area contributed by atoms with Crippen molar-refractivity contribution in [3.8, 4) is 0 Å². The molecule has 8 unspecified atom stereocenters. The average Bonchev–Trinajstić information content (AvgIpc) is 3.93. The Morgan fingerprint density at radius 1 is 1.02 bits per heavy atom. The number of aromatic nitrogens is 1. The van der Waals surface area contributed by atoms with Gasteiger partial charge in [-0.3, -0.25) is 24.1 Å². The van der Waals surface area contributed by atoms with Crippen LogP contribution in [0.3, 0.4) is 0 Å². The summed E-state index contributed by atoms with van der Waals surface area (Å²) in [7, 11) is 6.77. The largest absolute Gasteiger partial charge is 0.379 e. The number of hydrogen-bond donors (Lipinski definition) is 3. The molecule has 13 nitrogen and oxygen atoms in total. The molecule has 0 aliphatic carbocycles. The molecule has 0 saturated carbocycles. The van der Waals surface area contributed by atoms with E-state index in [0.29, 0.717) is 32.5 Å². The SMILES string of the molecule is CCC.CCC(C)C(C(CC(=O)N1CCCC1C(OC)C(C)C(=O)NC(Cc1ccccc1)c1nccs1)OC)N(C)C(=O)CNC(=O)C(C(C)C)N(C)CCCN. The van der Waals surface area contributed by atoms with Crippen molar-refractivity contribution in [2.45, 2.75) is 130 Å². The van der Waals surface area contributed by atoms with Gasteiger partial charge in [0.2, 0.25) is 23.6 Å². The lowest BCUT2D eigenvalue weighted by Gasteiger charge is -2.39. The summed E-state index contributed by atoms with van der Waals surface area (Å²) in [6, 6.07) is 8.57. The number of nitrogens with two attached hydrogens (primary N) is 1. The van der Waals surface area contributed by atoms with Crippen molar-refractivity contribution in [2.75, 3.05) is 54.5 Å². The van der Waals surface area contributed by atoms with Crippen LogP contribution in [-0.2, 0) is 35.1 Å². The molecule has 0 radical (unpaired) electrons. The molecule has 1 aromatic heterocycles. The molecular formula is C44H75N7O6S. The Bertz CT molecular complexity index is 1480. The van der Waals surface area contributed by atoms with Gasteiger partial charge in [0.05, 0.1) is 55.3 Å². The number of amides is 4. The van der Waals surface area contributed by atoms with Gasteiger partial charge in [-0.25, -0.2) is 4.98 Å². The van der Waals surface area contributed by atoms with E-state index in [1.54, 1.807) is 32.4 Å². The fourth-order valence-corrected chi connectivity index (χ4v) is 8.66. The highest BCUT2D eigenvalue weighted by atomic mass is 32.1. The lowest BCUT2D eigenvalue weighted by atomic mass is 9.90. The van der Waals surface area contributed by atoms with Gasteiger partial charge in [-0.1, -0.05) is 91.6 Å². The third-order valence-corrected chi connectivity index (χ3v) is 12.0. The van der Waals surface area contributed by atoms with E-state index >= 15 is 0 Å². The predicted octanol–water partition coefficient (Wildman–Crippen LogP) is 5.30. The smallest absolute Gasteiger partial charge is 0.242 e. The molecular weight excluding hydrogens is 755 g/mol. The van der Waals surface area contributed by atoms with Crippen LogP contribution in [0.2, 0.25) is 0 Å². The van der Waals surface area contributed by atoms with Crippen LogP contribution in [0.5, 0.6) is 0 Å². The monoisotopic (exact) mass is 830 g/mol. The maximum atomic E-state index is 14.2. The van der Waals surface area contributed by atoms with Crippen molar-refractivity contribution < 1.29 is 28.7 Å². The van der Waals surface area contributed by atoms with E-state index in [1.165, 1.54) is 17.8 Å². The Labute approximate surface area is 353 Å². The molecule has 328 valence electrons. The van der Waals surface area contributed by atoms with Crippen LogP contribution in [0, 0.1) is 17.8 Å². The van der Waals surface area contributed by atoms with Gasteiger partial charge in [0.25, 0.3) is 0 Å². The van der Waals surface area contributed by atoms with Crippen LogP contribution in [0.15, 0.2) is 41.9 Å². The number of likely N-dealkylation sites (tertiary alicyclic amines) is 1. The third-order valence-electron chi connectivity index (χ3n) is 11.2. The summed E-state index contributed by atoms with van der Waals surface area (Å²) < 4.78 is 12.0. The van der Waals surface area contributed by atoms with Crippen molar-refractivity contribution in [3.63, 3.8) is 0 Å². The predicted molar refractivity (Wildman–Crippen MR) is 233 cm³/mol. The molecule has 2 aromatic rings. The number of rotatable bonds is 23. The van der Waals surface area contributed by atoms with Gasteiger partial charge < -0.3 is 35.6 Å². The molecule has 2 heterocycles. The maximum absolute atomic E-state index is 14.2. The first-order chi connectivity index (χ1) is 27.7. The molecule has 4 amide bonds. The van der Waals surface area contributed by atoms with Crippen LogP contribution >= 0.6 is 11.3 Å². The van der Waals surface area contributed by atoms with Gasteiger partial charge in [0, 0.05) is 39.4 Å². The van der Waals surface area contributed by atoms with Gasteiger partial charge in [-0.05, 0) is 63.2 Å². The fraction of sp³-hybridized carbons (Fsp3) is 0.705. The topological polar surface area (TPSA) is 159 Å². The zero-order valence-corrected chi connectivity index (χ0v) is 38.1. The highest BCUT2D eigenvalue weighted by Gasteiger charge is 2.42. The minimum atomic E-state index is -0.599. The van der Waals surface area contributed by atoms with E-state index in [1.807, 2.05) is 87.2 Å². The normalized spacial score (nSPS) is 17.7. The summed E-state index contributed by atoms with van der Waals surface area (Å²) in [6.07, 6.45) is 5.50. The molecule has 3 rings (SSSR count). The van der Waals surface area contributed by atoms with Crippen LogP contribution in [0.25, 0.3) is 0 Å². The first-order valence-corrected chi connectivity index (χ1v) is 22.1. The molecule has 1 aromatic carbocycles. The average molecular weight is 830 g/mol. The minimum Gasteiger partial charge on any atom is -0.379 e. The summed E-state index contributed by atoms with van der Waals surface area (Å²) in [6.45, 7) is 15.7. The summed E-state index contributed by atoms with van der Waals surface area (Å²) >= 11 is 1.50. The highest BCUT2D eigenvalue weighted by Crippen LogP contribution is 2.30. The Balaban J connectivity index is 0.00000374. The zero-order valence-electron chi connectivity index (χ0n) is 37.2. The van der Waals surface area contributed by atoms with Gasteiger partial charge in [0.1, 0.15) is 5.01 Å². The Morgan fingerprint density at radius 2 is 1.69 bits per heavy atom. The van der Waals surface area contributed by atoms with Crippen LogP contribution in [0.4, 0.5) is 0 Å². The summed E-state index contributed by atoms with van der Waals surface area (Å²) in [5.41, 5.74) is 6.78. The summed E-state index contributed by atoms with van der Waals surface area (Å²) in [5.74, 6) is -1.26. The second kappa shape index (κ2) is 26.6. The van der Waals surface area contributed by atoms with E-state index in [-0.39, 0.29) is 60.5 Å². The Hall–Kier alpha value is -3.43. The first kappa shape index (κ1) is 50.7. The van der Waals surface area contributed by atoms with Gasteiger partial charge in [-0.2, -0.15) is 0 Å². The second-order valence-corrected chi connectivity index (χ2v) is 16.9. The standard InChI is InChI=1S/C41H67N7O6S.C3H8/c1-10-28(4)37(47(7)35(50)26-44-40(52)36(27(2)3)46(6)21-15-19-42)33(53-8)25-34(49)48-22-14-18-32(48)38(54-9)29(5)39(51)45-31(41-43-20-23-55-41)24-30-16-12-11-13-17-30;1-3-2/h11-13,16-17,20,23,27-29,31-33,36-38H,10,14-15,18-19,21-22,24-26,42H2,1-9H3,(H,44,52)(H,45,51);3H2,1-2H3. The minimum absolute atomic E-state index is 0.000283. The first-order valence-electron chi connectivity index (χ1n) is 21.2. The van der Waals surface area contributed by atoms with Crippen molar-refractivity contribution >= 4 is 35.0 Å². The lowest BCUT2D eigenvalue weighted by molar-refractivity contribution is -0.146. The zero-order chi connectivity index (χ0) is 43.4. The number of carbonyl (C=O) groups excluding carboxylic acids is 4. The number of carbonyl (C=O) groups is 4. The van der Waals surface area contributed by atoms with E-state index in [4.69, 9.17) is 15.2 Å². The number of likely N-dealkylation sites (N-methyl/N-ethyl adjacent to an activating group) is 2. The van der Waals surface area contributed by atoms with Crippen LogP contribution in [-0.4, -0.2) is 128 Å². The van der Waals surface area contributed by atoms with Crippen molar-refractivity contribution in [2.24, 2.45) is 23.5 Å². The molecule has 1 saturated heterocycles. The molecule has 1 fully saturated rings. The Kier molecular flexibility index (Phi) is 23.3. The van der Waals surface area contributed by atoms with Crippen molar-refractivity contribution in [1.82, 2.24) is 30.3 Å². The number of methoxy groups -OCH3 is 2. The van der Waals surface area contributed by atoms with E-state index in [2.05, 4.69) is 29.5 Å². The summed E-state index contributed by atoms with van der Waals surface area (Å²) in [4.78, 5) is 64.9. The van der Waals surface area contributed by atoms with Crippen LogP contribution in [0.1, 0.15) is 104 Å². The quantitative estimate of drug-likeness (QED) is 0.135. The highest BCUT2D eigenvalue weighted by molar-refractivity contribution is 7.09. The van der Waals surface area contributed by atoms with E-state index < -0.39 is 30.2 Å². The van der Waals surface area contributed by atoms with E-state index in [0.717, 1.165) is 29.8 Å². The fourth-order valence-electron chi connectivity index (χ4n) is 7.97. The number of ether oxygens (including phenoxy) is 2. The van der Waals surface area contributed by atoms with Crippen molar-refractivity contribution in [3.05, 3.63) is 52.5 Å². The molecule has 58 heavy (non-hydrogen) atoms. The molecule has 1 aliphatic heterocycles. The van der Waals surface area contributed by atoms with Gasteiger partial charge in [-0.15, -0.1) is 11.3 Å². The third kappa shape index (κ3) is 15.0. The summed E-state index contributed by atoms with van der Waals surface area (Å²) in [5, 5.41) is 8.82. The second-order valence-electron chi connectivity index (χ2n) is 16.0. The van der Waals surface area contributed by atoms with Gasteiger partial charge in [0.15, 0.2) is 0 Å². The number of nitrogens with zero attached hydrogens (tertiary/aromatic N) is 4. The van der Waals surface area contributed by atoms with Crippen LogP contribution < -0.4 is 16.4 Å². The maximum Gasteiger partial charge on any atom is 0.242 e. The van der Waals surface area contributed by atoms with Crippen molar-refractivity contribution in [1.29, 1.82) is 0 Å². The lowest BCUT2D eigenvalue weighted by Crippen LogP contribution is -2.55.